The van der Waals surface area contributed by atoms with Crippen molar-refractivity contribution < 1.29 is 158 Å². The second-order valence-corrected chi connectivity index (χ2v) is 34.3. The number of ketones is 1. The van der Waals surface area contributed by atoms with E-state index in [0.29, 0.717) is 56.2 Å². The molecule has 0 fully saturated rings. The van der Waals surface area contributed by atoms with Crippen LogP contribution >= 0.6 is 15.2 Å². The molecule has 0 spiro atoms. The molecule has 5 aromatic carbocycles. The Morgan fingerprint density at radius 1 is 0.500 bits per heavy atom. The van der Waals surface area contributed by atoms with Crippen LogP contribution in [0.1, 0.15) is 122 Å². The normalized spacial score (nSPS) is 15.6. The molecule has 0 radical (unpaired) electrons. The number of anilines is 1. The highest BCUT2D eigenvalue weighted by Gasteiger charge is 2.49. The number of unbranched alkanes of at least 4 members (excludes halogenated alkanes) is 6. The number of allylic oxidation sites excluding steroid dienone is 5. The largest absolute Gasteiger partial charge is 0.506 e. The Balaban J connectivity index is 1.08. The lowest BCUT2D eigenvalue weighted by Crippen LogP contribution is -2.37. The third kappa shape index (κ3) is 24.3. The SMILES string of the molecule is CC1(C)C(/C=C2/C(=O)C(/C=C3/N(CCCCCC(=O)Oc4c(F)c(F)c(F)c(F)c4F)c4ccc(-c5ccc(P(=O)(OCCCCNC(=O)C(F)(F)F)OCCCCNC(=O)C(F)(F)F)cc5)cc4C3(C)C)=C2O)=[N+](CCCS(=O)(=O)O)c2ccc(-c3ccc(P(=O)(OCCCCNC(=O)C(F)(F)F)OCCCCNC(=O)C(F)(F)F)cc3)cc21. The van der Waals surface area contributed by atoms with Crippen molar-refractivity contribution in [3.8, 4) is 28.0 Å². The van der Waals surface area contributed by atoms with E-state index in [2.05, 4.69) is 4.74 Å². The number of fused-ring (bicyclic) bond motifs is 2. The summed E-state index contributed by atoms with van der Waals surface area (Å²) in [6.07, 6.45) is -18.6. The molecule has 0 saturated heterocycles. The van der Waals surface area contributed by atoms with Crippen molar-refractivity contribution >= 4 is 88.4 Å². The summed E-state index contributed by atoms with van der Waals surface area (Å²) in [5.74, 6) is -25.7. The first-order valence-corrected chi connectivity index (χ1v) is 41.8. The van der Waals surface area contributed by atoms with Crippen molar-refractivity contribution in [3.05, 3.63) is 160 Å². The Hall–Kier alpha value is -9.37. The van der Waals surface area contributed by atoms with Crippen LogP contribution in [0.25, 0.3) is 22.3 Å². The minimum atomic E-state index is -5.15. The van der Waals surface area contributed by atoms with Crippen molar-refractivity contribution in [1.29, 1.82) is 0 Å². The molecular formula is C77H82F17N6O17P2S+. The first-order valence-electron chi connectivity index (χ1n) is 37.1. The standard InChI is InChI=1S/C77H81F17N6O17P2S/c1-72(2)53-41-47(45-18-24-49(25-19-45)118(108,113-36-12-7-30-95-68(104)74(83,84)85)114-37-13-8-31-96-69(105)75(86,87)88)22-28-55(53)99(34-11-5-6-17-59(101)117-67-63(81)61(79)60(78)62(80)64(67)82)57(72)43-51-65(102)52(66(51)103)44-58-73(3,4)54-42-48(23-29-56(54)100(58)35-16-40-120(110,111)112)46-20-26-50(27-21-46)119(109,115-38-14-9-32-97-70(106)76(89,90)91)116-39-15-10-33-98-71(107)77(92,93)94/h18-29,41-44H,5-17,30-40H2,1-4H3,(H5-,95,96,97,98,102,103,104,105,106,107,110,111,112)/p+1. The number of benzene rings is 5. The highest BCUT2D eigenvalue weighted by molar-refractivity contribution is 7.85. The molecule has 6 N–H and O–H groups in total. The van der Waals surface area contributed by atoms with E-state index < -0.39 is 175 Å². The van der Waals surface area contributed by atoms with Gasteiger partial charge in [-0.2, -0.15) is 74.5 Å². The molecule has 8 rings (SSSR count). The average Bonchev–Trinajstić information content (AvgIpc) is 1.55. The molecule has 1 aliphatic carbocycles. The number of nitrogens with zero attached hydrogens (tertiary/aromatic N) is 2. The fraction of sp³-hybridized carbons (Fsp3) is 0.442. The van der Waals surface area contributed by atoms with Gasteiger partial charge in [-0.05, 0) is 160 Å². The maximum atomic E-state index is 14.8. The predicted octanol–water partition coefficient (Wildman–Crippen LogP) is 15.1. The van der Waals surface area contributed by atoms with Crippen LogP contribution in [0.15, 0.2) is 120 Å². The van der Waals surface area contributed by atoms with Gasteiger partial charge in [-0.15, -0.1) is 0 Å². The van der Waals surface area contributed by atoms with Gasteiger partial charge in [0, 0.05) is 80.1 Å². The van der Waals surface area contributed by atoms with Crippen molar-refractivity contribution in [2.24, 2.45) is 0 Å². The summed E-state index contributed by atoms with van der Waals surface area (Å²) in [5, 5.41) is 18.9. The molecule has 0 aromatic heterocycles. The van der Waals surface area contributed by atoms with Crippen molar-refractivity contribution in [1.82, 2.24) is 21.3 Å². The number of Topliss-reactive ketones (excluding diaryl/α,β-unsaturated/α-hetero) is 1. The Bertz CT molecular complexity index is 4900. The number of aliphatic hydroxyl groups excluding tert-OH is 1. The van der Waals surface area contributed by atoms with Gasteiger partial charge in [-0.1, -0.05) is 50.6 Å². The van der Waals surface area contributed by atoms with Crippen LogP contribution in [0.5, 0.6) is 5.75 Å². The number of ether oxygens (including phenoxy) is 1. The van der Waals surface area contributed by atoms with Crippen molar-refractivity contribution in [3.63, 3.8) is 0 Å². The molecule has 0 atom stereocenters. The minimum Gasteiger partial charge on any atom is -0.506 e. The van der Waals surface area contributed by atoms with Gasteiger partial charge >= 0.3 is 69.5 Å². The van der Waals surface area contributed by atoms with Crippen LogP contribution in [0.4, 0.5) is 86.0 Å². The third-order valence-corrected chi connectivity index (χ3v) is 24.1. The first kappa shape index (κ1) is 96.1. The molecular weight excluding hydrogens is 1700 g/mol. The first-order chi connectivity index (χ1) is 55.9. The van der Waals surface area contributed by atoms with E-state index in [9.17, 15) is 131 Å². The molecule has 0 bridgehead atoms. The van der Waals surface area contributed by atoms with Gasteiger partial charge in [0.15, 0.2) is 5.71 Å². The molecule has 3 aliphatic rings. The van der Waals surface area contributed by atoms with Crippen LogP contribution in [0.2, 0.25) is 0 Å². The topological polar surface area (TPSA) is 312 Å². The summed E-state index contributed by atoms with van der Waals surface area (Å²) in [6, 6.07) is 22.0. The second-order valence-electron chi connectivity index (χ2n) is 28.7. The molecule has 656 valence electrons. The zero-order chi connectivity index (χ0) is 88.9. The van der Waals surface area contributed by atoms with E-state index in [-0.39, 0.29) is 138 Å². The summed E-state index contributed by atoms with van der Waals surface area (Å²) in [6.45, 7) is 3.91. The molecule has 5 aromatic rings. The number of hydrogen-bond donors (Lipinski definition) is 6. The maximum Gasteiger partial charge on any atom is 0.471 e. The quantitative estimate of drug-likeness (QED) is 0.00202. The Kier molecular flexibility index (Phi) is 31.8. The molecule has 120 heavy (non-hydrogen) atoms. The van der Waals surface area contributed by atoms with Crippen LogP contribution in [-0.4, -0.2) is 160 Å². The minimum absolute atomic E-state index is 0.0290. The second kappa shape index (κ2) is 39.7. The lowest BCUT2D eigenvalue weighted by atomic mass is 9.77. The van der Waals surface area contributed by atoms with Gasteiger partial charge in [0.1, 0.15) is 12.3 Å². The third-order valence-electron chi connectivity index (χ3n) is 19.3. The monoisotopic (exact) mass is 1780 g/mol. The van der Waals surface area contributed by atoms with Crippen LogP contribution in [0, 0.1) is 29.1 Å². The summed E-state index contributed by atoms with van der Waals surface area (Å²) in [7, 11) is -13.2. The molecule has 4 amide bonds. The number of esters is 1. The van der Waals surface area contributed by atoms with Gasteiger partial charge in [0.25, 0.3) is 10.1 Å². The number of carbonyl (C=O) groups excluding carboxylic acids is 6. The van der Waals surface area contributed by atoms with Gasteiger partial charge in [-0.3, -0.25) is 42.5 Å². The number of nitrogens with one attached hydrogen (secondary N) is 4. The maximum absolute atomic E-state index is 14.8. The molecule has 0 saturated carbocycles. The van der Waals surface area contributed by atoms with Crippen LogP contribution in [-0.2, 0) is 76.9 Å². The van der Waals surface area contributed by atoms with Crippen molar-refractivity contribution in [2.75, 3.05) is 76.3 Å². The fourth-order valence-electron chi connectivity index (χ4n) is 13.0. The van der Waals surface area contributed by atoms with Crippen LogP contribution < -0.4 is 41.5 Å². The summed E-state index contributed by atoms with van der Waals surface area (Å²) in [5.41, 5.74) is 2.44. The fourth-order valence-corrected chi connectivity index (χ4v) is 16.7. The Labute approximate surface area is 675 Å². The number of halogens is 17. The highest BCUT2D eigenvalue weighted by Crippen LogP contribution is 2.53. The van der Waals surface area contributed by atoms with E-state index in [1.54, 1.807) is 89.9 Å². The van der Waals surface area contributed by atoms with Gasteiger partial charge < -0.3 is 54.1 Å². The number of rotatable bonds is 41. The van der Waals surface area contributed by atoms with E-state index >= 15 is 0 Å². The van der Waals surface area contributed by atoms with E-state index in [0.717, 1.165) is 0 Å². The number of amides is 4. The van der Waals surface area contributed by atoms with Gasteiger partial charge in [0.2, 0.25) is 46.3 Å². The summed E-state index contributed by atoms with van der Waals surface area (Å²) >= 11 is 0. The molecule has 43 heteroatoms. The van der Waals surface area contributed by atoms with Crippen LogP contribution in [0.3, 0.4) is 0 Å². The predicted molar refractivity (Wildman–Crippen MR) is 401 cm³/mol. The number of carbonyl (C=O) groups is 6. The molecule has 2 aliphatic heterocycles. The van der Waals surface area contributed by atoms with Crippen molar-refractivity contribution in [2.45, 2.75) is 147 Å². The lowest BCUT2D eigenvalue weighted by molar-refractivity contribution is -0.437. The van der Waals surface area contributed by atoms with E-state index in [1.807, 2.05) is 4.90 Å². The van der Waals surface area contributed by atoms with E-state index in [1.165, 1.54) is 60.7 Å². The number of aliphatic hydroxyl groups is 1. The highest BCUT2D eigenvalue weighted by atomic mass is 32.2. The smallest absolute Gasteiger partial charge is 0.471 e. The molecule has 23 nitrogen and oxygen atoms in total. The summed E-state index contributed by atoms with van der Waals surface area (Å²) < 4.78 is 316. The van der Waals surface area contributed by atoms with Gasteiger partial charge in [-0.25, -0.2) is 13.2 Å². The van der Waals surface area contributed by atoms with E-state index in [4.69, 9.17) is 18.1 Å². The average molecular weight is 1780 g/mol. The zero-order valence-electron chi connectivity index (χ0n) is 64.3. The number of hydrogen-bond acceptors (Lipinski definition) is 17. The Morgan fingerprint density at radius 3 is 1.29 bits per heavy atom. The van der Waals surface area contributed by atoms with Gasteiger partial charge in [0.05, 0.1) is 59.4 Å². The summed E-state index contributed by atoms with van der Waals surface area (Å²) in [4.78, 5) is 74.7. The number of alkyl halides is 12. The molecule has 0 unspecified atom stereocenters. The molecule has 2 heterocycles. The lowest BCUT2D eigenvalue weighted by Gasteiger charge is -2.29. The zero-order valence-corrected chi connectivity index (χ0v) is 67.0. The Morgan fingerprint density at radius 2 is 0.892 bits per heavy atom.